The molecule has 1 aliphatic rings. The van der Waals surface area contributed by atoms with E-state index in [2.05, 4.69) is 6.58 Å². The fourth-order valence-electron chi connectivity index (χ4n) is 3.95. The molecule has 0 spiro atoms. The lowest BCUT2D eigenvalue weighted by atomic mass is 9.87. The third-order valence-corrected chi connectivity index (χ3v) is 5.17. The highest BCUT2D eigenvalue weighted by Gasteiger charge is 2.29. The molecule has 3 aromatic rings. The lowest BCUT2D eigenvalue weighted by Crippen LogP contribution is -2.34. The van der Waals surface area contributed by atoms with Gasteiger partial charge in [-0.1, -0.05) is 43.0 Å². The first-order chi connectivity index (χ1) is 13.6. The number of aliphatic hydroxyl groups is 1. The van der Waals surface area contributed by atoms with Gasteiger partial charge >= 0.3 is 0 Å². The van der Waals surface area contributed by atoms with Crippen molar-refractivity contribution < 1.29 is 14.7 Å². The van der Waals surface area contributed by atoms with Gasteiger partial charge in [0, 0.05) is 23.4 Å². The largest absolute Gasteiger partial charge is 0.417 e. The van der Waals surface area contributed by atoms with E-state index in [-0.39, 0.29) is 12.5 Å². The number of aliphatic hydroxyl groups excluding tert-OH is 1. The predicted octanol–water partition coefficient (Wildman–Crippen LogP) is 3.53. The minimum absolute atomic E-state index is 0.0378. The SMILES string of the molecule is C=C1CN(C(C)=O)c2ccccc2/C1=C(/CO)c1cc2ccccc2n1OC. The molecule has 1 aliphatic heterocycles. The molecule has 2 aromatic carbocycles. The second-order valence-electron chi connectivity index (χ2n) is 6.80. The first kappa shape index (κ1) is 18.1. The number of rotatable bonds is 3. The molecule has 1 amide bonds. The third-order valence-electron chi connectivity index (χ3n) is 5.17. The van der Waals surface area contributed by atoms with Gasteiger partial charge in [0.15, 0.2) is 0 Å². The van der Waals surface area contributed by atoms with Crippen molar-refractivity contribution in [2.24, 2.45) is 0 Å². The molecular formula is C23H22N2O3. The molecule has 0 unspecified atom stereocenters. The van der Waals surface area contributed by atoms with E-state index in [0.29, 0.717) is 6.54 Å². The molecule has 1 aromatic heterocycles. The summed E-state index contributed by atoms with van der Waals surface area (Å²) in [7, 11) is 1.61. The normalized spacial score (nSPS) is 15.5. The van der Waals surface area contributed by atoms with E-state index >= 15 is 0 Å². The number of benzene rings is 2. The van der Waals surface area contributed by atoms with Crippen LogP contribution < -0.4 is 9.74 Å². The molecule has 0 bridgehead atoms. The average Bonchev–Trinajstić information content (AvgIpc) is 3.08. The smallest absolute Gasteiger partial charge is 0.224 e. The summed E-state index contributed by atoms with van der Waals surface area (Å²) in [5.41, 5.74) is 5.76. The maximum absolute atomic E-state index is 12.1. The summed E-state index contributed by atoms with van der Waals surface area (Å²) in [4.78, 5) is 19.5. The Hall–Kier alpha value is -3.31. The van der Waals surface area contributed by atoms with Crippen LogP contribution in [-0.4, -0.2) is 36.0 Å². The van der Waals surface area contributed by atoms with Crippen LogP contribution in [0.4, 0.5) is 5.69 Å². The number of hydrogen-bond acceptors (Lipinski definition) is 3. The van der Waals surface area contributed by atoms with Crippen LogP contribution in [0.15, 0.2) is 66.7 Å². The van der Waals surface area contributed by atoms with Crippen LogP contribution in [0, 0.1) is 0 Å². The monoisotopic (exact) mass is 374 g/mol. The highest BCUT2D eigenvalue weighted by Crippen LogP contribution is 2.42. The molecule has 2 heterocycles. The van der Waals surface area contributed by atoms with Crippen LogP contribution in [0.5, 0.6) is 0 Å². The summed E-state index contributed by atoms with van der Waals surface area (Å²) < 4.78 is 1.72. The van der Waals surface area contributed by atoms with Gasteiger partial charge in [0.05, 0.1) is 30.0 Å². The zero-order valence-electron chi connectivity index (χ0n) is 16.0. The molecule has 5 nitrogen and oxygen atoms in total. The van der Waals surface area contributed by atoms with Crippen molar-refractivity contribution in [3.63, 3.8) is 0 Å². The number of carbonyl (C=O) groups excluding carboxylic acids is 1. The molecule has 142 valence electrons. The lowest BCUT2D eigenvalue weighted by Gasteiger charge is -2.33. The van der Waals surface area contributed by atoms with Crippen LogP contribution in [0.3, 0.4) is 0 Å². The van der Waals surface area contributed by atoms with E-state index in [1.165, 1.54) is 0 Å². The molecule has 0 atom stereocenters. The van der Waals surface area contributed by atoms with Crippen LogP contribution in [0.1, 0.15) is 18.2 Å². The Morgan fingerprint density at radius 2 is 1.89 bits per heavy atom. The van der Waals surface area contributed by atoms with Gasteiger partial charge in [-0.3, -0.25) is 4.79 Å². The number of anilines is 1. The van der Waals surface area contributed by atoms with E-state index in [9.17, 15) is 9.90 Å². The van der Waals surface area contributed by atoms with Crippen molar-refractivity contribution in [1.82, 2.24) is 4.73 Å². The molecule has 0 fully saturated rings. The molecule has 1 N–H and O–H groups in total. The fourth-order valence-corrected chi connectivity index (χ4v) is 3.95. The predicted molar refractivity (Wildman–Crippen MR) is 112 cm³/mol. The van der Waals surface area contributed by atoms with Gasteiger partial charge in [-0.05, 0) is 29.3 Å². The molecule has 0 saturated heterocycles. The van der Waals surface area contributed by atoms with Gasteiger partial charge in [0.1, 0.15) is 7.11 Å². The lowest BCUT2D eigenvalue weighted by molar-refractivity contribution is -0.116. The Bertz CT molecular complexity index is 1120. The van der Waals surface area contributed by atoms with Crippen molar-refractivity contribution in [1.29, 1.82) is 0 Å². The summed E-state index contributed by atoms with van der Waals surface area (Å²) in [5.74, 6) is -0.0378. The van der Waals surface area contributed by atoms with Crippen LogP contribution in [0.2, 0.25) is 0 Å². The Labute approximate surface area is 163 Å². The molecule has 0 radical (unpaired) electrons. The summed E-state index contributed by atoms with van der Waals surface area (Å²) >= 11 is 0. The zero-order chi connectivity index (χ0) is 19.8. The molecule has 5 heteroatoms. The minimum Gasteiger partial charge on any atom is -0.417 e. The van der Waals surface area contributed by atoms with Crippen LogP contribution in [0.25, 0.3) is 22.0 Å². The Balaban J connectivity index is 2.02. The minimum atomic E-state index is -0.178. The topological polar surface area (TPSA) is 54.7 Å². The Morgan fingerprint density at radius 1 is 1.18 bits per heavy atom. The zero-order valence-corrected chi connectivity index (χ0v) is 16.0. The highest BCUT2D eigenvalue weighted by atomic mass is 16.6. The first-order valence-corrected chi connectivity index (χ1v) is 9.11. The van der Waals surface area contributed by atoms with Crippen LogP contribution >= 0.6 is 0 Å². The standard InChI is InChI=1S/C23H22N2O3/c1-15-13-24(16(2)27)21-11-7-5-9-18(21)23(15)19(14-26)22-12-17-8-4-6-10-20(17)25(22)28-3/h4-12,26H,1,13-14H2,2-3H3/b23-19-. The molecule has 4 rings (SSSR count). The van der Waals surface area contributed by atoms with E-state index in [1.54, 1.807) is 23.7 Å². The van der Waals surface area contributed by atoms with Gasteiger partial charge in [-0.2, -0.15) is 4.73 Å². The molecule has 28 heavy (non-hydrogen) atoms. The van der Waals surface area contributed by atoms with Crippen LogP contribution in [-0.2, 0) is 4.79 Å². The number of aromatic nitrogens is 1. The fraction of sp³-hybridized carbons (Fsp3) is 0.174. The van der Waals surface area contributed by atoms with Gasteiger partial charge in [-0.25, -0.2) is 0 Å². The van der Waals surface area contributed by atoms with Crippen molar-refractivity contribution in [2.75, 3.05) is 25.2 Å². The molecule has 0 aliphatic carbocycles. The van der Waals surface area contributed by atoms with Crippen molar-refractivity contribution >= 4 is 33.6 Å². The number of carbonyl (C=O) groups is 1. The van der Waals surface area contributed by atoms with Gasteiger partial charge in [0.25, 0.3) is 0 Å². The maximum atomic E-state index is 12.1. The highest BCUT2D eigenvalue weighted by molar-refractivity contribution is 6.08. The quantitative estimate of drug-likeness (QED) is 0.763. The van der Waals surface area contributed by atoms with E-state index < -0.39 is 0 Å². The maximum Gasteiger partial charge on any atom is 0.224 e. The van der Waals surface area contributed by atoms with Crippen molar-refractivity contribution in [3.8, 4) is 0 Å². The summed E-state index contributed by atoms with van der Waals surface area (Å²) in [6.07, 6.45) is 0. The summed E-state index contributed by atoms with van der Waals surface area (Å²) in [5, 5.41) is 11.4. The van der Waals surface area contributed by atoms with Gasteiger partial charge < -0.3 is 14.8 Å². The van der Waals surface area contributed by atoms with E-state index in [4.69, 9.17) is 4.84 Å². The average molecular weight is 374 g/mol. The number of hydrogen-bond donors (Lipinski definition) is 1. The number of para-hydroxylation sites is 2. The molecular weight excluding hydrogens is 352 g/mol. The second-order valence-corrected chi connectivity index (χ2v) is 6.80. The van der Waals surface area contributed by atoms with Gasteiger partial charge in [-0.15, -0.1) is 0 Å². The van der Waals surface area contributed by atoms with Gasteiger partial charge in [0.2, 0.25) is 5.91 Å². The van der Waals surface area contributed by atoms with E-state index in [0.717, 1.165) is 44.6 Å². The number of amides is 1. The van der Waals surface area contributed by atoms with Crippen molar-refractivity contribution in [3.05, 3.63) is 78.0 Å². The number of fused-ring (bicyclic) bond motifs is 2. The van der Waals surface area contributed by atoms with E-state index in [1.807, 2.05) is 54.6 Å². The molecule has 0 saturated carbocycles. The van der Waals surface area contributed by atoms with Crippen molar-refractivity contribution in [2.45, 2.75) is 6.92 Å². The first-order valence-electron chi connectivity index (χ1n) is 9.11. The number of nitrogens with zero attached hydrogens (tertiary/aromatic N) is 2. The second kappa shape index (κ2) is 7.02. The summed E-state index contributed by atoms with van der Waals surface area (Å²) in [6.45, 7) is 5.98. The third kappa shape index (κ3) is 2.72. The summed E-state index contributed by atoms with van der Waals surface area (Å²) in [6, 6.07) is 17.6. The Morgan fingerprint density at radius 3 is 2.61 bits per heavy atom. The Kier molecular flexibility index (Phi) is 4.53.